The molecule has 0 atom stereocenters. The highest BCUT2D eigenvalue weighted by molar-refractivity contribution is 9.11. The van der Waals surface area contributed by atoms with Crippen LogP contribution in [0.2, 0.25) is 0 Å². The number of thiophene rings is 1. The highest BCUT2D eigenvalue weighted by Crippen LogP contribution is 2.36. The second kappa shape index (κ2) is 5.50. The Kier molecular flexibility index (Phi) is 3.91. The number of hydrogen-bond acceptors (Lipinski definition) is 3. The van der Waals surface area contributed by atoms with E-state index in [0.29, 0.717) is 16.2 Å². The molecule has 3 rings (SSSR count). The van der Waals surface area contributed by atoms with Crippen LogP contribution < -0.4 is 5.56 Å². The van der Waals surface area contributed by atoms with E-state index in [1.165, 1.54) is 12.8 Å². The van der Waals surface area contributed by atoms with Gasteiger partial charge in [0, 0.05) is 5.92 Å². The van der Waals surface area contributed by atoms with Gasteiger partial charge in [0.2, 0.25) is 0 Å². The van der Waals surface area contributed by atoms with Crippen LogP contribution in [0.25, 0.3) is 10.7 Å². The molecule has 3 nitrogen and oxygen atoms in total. The fourth-order valence-corrected chi connectivity index (χ4v) is 4.35. The minimum Gasteiger partial charge on any atom is -0.305 e. The summed E-state index contributed by atoms with van der Waals surface area (Å²) in [5, 5.41) is 0. The van der Waals surface area contributed by atoms with Crippen molar-refractivity contribution in [3.8, 4) is 10.7 Å². The minimum absolute atomic E-state index is 0.0866. The van der Waals surface area contributed by atoms with Crippen LogP contribution in [0.5, 0.6) is 0 Å². The predicted octanol–water partition coefficient (Wildman–Crippen LogP) is 4.68. The smallest absolute Gasteiger partial charge is 0.265 e. The van der Waals surface area contributed by atoms with Crippen molar-refractivity contribution >= 4 is 43.2 Å². The van der Waals surface area contributed by atoms with Crippen molar-refractivity contribution in [2.24, 2.45) is 0 Å². The average Bonchev–Trinajstić information content (AvgIpc) is 3.03. The summed E-state index contributed by atoms with van der Waals surface area (Å²) < 4.78 is 1.63. The van der Waals surface area contributed by atoms with Crippen molar-refractivity contribution in [1.29, 1.82) is 0 Å². The molecule has 2 heterocycles. The summed E-state index contributed by atoms with van der Waals surface area (Å²) >= 11 is 8.40. The predicted molar refractivity (Wildman–Crippen MR) is 84.8 cm³/mol. The highest BCUT2D eigenvalue weighted by atomic mass is 79.9. The molecule has 2 aromatic rings. The maximum atomic E-state index is 12.0. The van der Waals surface area contributed by atoms with Crippen LogP contribution in [-0.2, 0) is 0 Å². The first-order valence-electron chi connectivity index (χ1n) is 6.20. The third kappa shape index (κ3) is 2.71. The van der Waals surface area contributed by atoms with Gasteiger partial charge in [-0.1, -0.05) is 12.8 Å². The monoisotopic (exact) mass is 402 g/mol. The Bertz CT molecular complexity index is 659. The Morgan fingerprint density at radius 3 is 2.63 bits per heavy atom. The van der Waals surface area contributed by atoms with E-state index >= 15 is 0 Å². The topological polar surface area (TPSA) is 45.8 Å². The Morgan fingerprint density at radius 1 is 1.26 bits per heavy atom. The van der Waals surface area contributed by atoms with Gasteiger partial charge in [0.1, 0.15) is 4.47 Å². The van der Waals surface area contributed by atoms with Crippen LogP contribution in [0.3, 0.4) is 0 Å². The molecule has 0 aliphatic heterocycles. The molecule has 0 bridgehead atoms. The van der Waals surface area contributed by atoms with Crippen LogP contribution >= 0.6 is 43.2 Å². The number of halogens is 2. The van der Waals surface area contributed by atoms with Gasteiger partial charge in [-0.15, -0.1) is 11.3 Å². The van der Waals surface area contributed by atoms with E-state index in [1.54, 1.807) is 11.3 Å². The SMILES string of the molecule is O=c1[nH]c(-c2ccc(Br)s2)nc(C2CCCC2)c1Br. The molecule has 2 aromatic heterocycles. The summed E-state index contributed by atoms with van der Waals surface area (Å²) in [5.74, 6) is 1.09. The zero-order chi connectivity index (χ0) is 13.4. The molecule has 0 saturated heterocycles. The van der Waals surface area contributed by atoms with Gasteiger partial charge in [-0.05, 0) is 56.8 Å². The lowest BCUT2D eigenvalue weighted by Gasteiger charge is -2.11. The fourth-order valence-electron chi connectivity index (χ4n) is 2.50. The van der Waals surface area contributed by atoms with Gasteiger partial charge < -0.3 is 4.98 Å². The van der Waals surface area contributed by atoms with Crippen molar-refractivity contribution in [2.75, 3.05) is 0 Å². The average molecular weight is 404 g/mol. The van der Waals surface area contributed by atoms with Crippen molar-refractivity contribution in [1.82, 2.24) is 9.97 Å². The van der Waals surface area contributed by atoms with Crippen LogP contribution in [-0.4, -0.2) is 9.97 Å². The second-order valence-electron chi connectivity index (χ2n) is 4.70. The summed E-state index contributed by atoms with van der Waals surface area (Å²) in [6.07, 6.45) is 4.71. The molecule has 6 heteroatoms. The number of H-pyrrole nitrogens is 1. The third-order valence-corrected chi connectivity index (χ3v) is 5.83. The van der Waals surface area contributed by atoms with Gasteiger partial charge in [0.15, 0.2) is 5.82 Å². The quantitative estimate of drug-likeness (QED) is 0.790. The first-order chi connectivity index (χ1) is 9.15. The number of aromatic nitrogens is 2. The molecule has 19 heavy (non-hydrogen) atoms. The number of aromatic amines is 1. The standard InChI is InChI=1S/C13H12Br2N2OS/c14-9-6-5-8(19-9)12-16-11(7-3-1-2-4-7)10(15)13(18)17-12/h5-7H,1-4H2,(H,16,17,18). The normalized spacial score (nSPS) is 16.1. The van der Waals surface area contributed by atoms with Gasteiger partial charge >= 0.3 is 0 Å². The van der Waals surface area contributed by atoms with Gasteiger partial charge in [-0.2, -0.15) is 0 Å². The van der Waals surface area contributed by atoms with Crippen molar-refractivity contribution in [3.63, 3.8) is 0 Å². The van der Waals surface area contributed by atoms with E-state index in [0.717, 1.165) is 27.2 Å². The summed E-state index contributed by atoms with van der Waals surface area (Å²) in [7, 11) is 0. The first-order valence-corrected chi connectivity index (χ1v) is 8.61. The molecule has 1 aliphatic rings. The van der Waals surface area contributed by atoms with Crippen molar-refractivity contribution in [3.05, 3.63) is 36.4 Å². The van der Waals surface area contributed by atoms with E-state index in [-0.39, 0.29) is 5.56 Å². The molecule has 1 saturated carbocycles. The maximum absolute atomic E-state index is 12.0. The lowest BCUT2D eigenvalue weighted by atomic mass is 10.0. The number of nitrogens with zero attached hydrogens (tertiary/aromatic N) is 1. The zero-order valence-electron chi connectivity index (χ0n) is 10.1. The summed E-state index contributed by atoms with van der Waals surface area (Å²) in [4.78, 5) is 20.6. The first kappa shape index (κ1) is 13.5. The molecule has 0 radical (unpaired) electrons. The third-order valence-electron chi connectivity index (χ3n) is 3.44. The largest absolute Gasteiger partial charge is 0.305 e. The van der Waals surface area contributed by atoms with E-state index < -0.39 is 0 Å². The fraction of sp³-hybridized carbons (Fsp3) is 0.385. The maximum Gasteiger partial charge on any atom is 0.265 e. The molecular formula is C13H12Br2N2OS. The molecule has 100 valence electrons. The lowest BCUT2D eigenvalue weighted by molar-refractivity contribution is 0.688. The molecule has 1 fully saturated rings. The van der Waals surface area contributed by atoms with Crippen LogP contribution in [0.4, 0.5) is 0 Å². The van der Waals surface area contributed by atoms with Crippen molar-refractivity contribution < 1.29 is 0 Å². The number of nitrogens with one attached hydrogen (secondary N) is 1. The zero-order valence-corrected chi connectivity index (χ0v) is 14.1. The second-order valence-corrected chi connectivity index (χ2v) is 7.95. The van der Waals surface area contributed by atoms with Crippen molar-refractivity contribution in [2.45, 2.75) is 31.6 Å². The summed E-state index contributed by atoms with van der Waals surface area (Å²) in [5.41, 5.74) is 0.831. The summed E-state index contributed by atoms with van der Waals surface area (Å²) in [6, 6.07) is 3.94. The molecule has 0 unspecified atom stereocenters. The van der Waals surface area contributed by atoms with E-state index in [1.807, 2.05) is 12.1 Å². The van der Waals surface area contributed by atoms with E-state index in [4.69, 9.17) is 0 Å². The number of rotatable bonds is 2. The molecule has 1 aliphatic carbocycles. The minimum atomic E-state index is -0.0866. The number of hydrogen-bond donors (Lipinski definition) is 1. The van der Waals surface area contributed by atoms with Crippen LogP contribution in [0.1, 0.15) is 37.3 Å². The van der Waals surface area contributed by atoms with E-state index in [9.17, 15) is 4.79 Å². The Morgan fingerprint density at radius 2 is 2.00 bits per heavy atom. The van der Waals surface area contributed by atoms with Crippen LogP contribution in [0.15, 0.2) is 25.2 Å². The Balaban J connectivity index is 2.09. The van der Waals surface area contributed by atoms with Crippen LogP contribution in [0, 0.1) is 0 Å². The lowest BCUT2D eigenvalue weighted by Crippen LogP contribution is -2.15. The highest BCUT2D eigenvalue weighted by Gasteiger charge is 2.23. The molecule has 0 aromatic carbocycles. The molecule has 0 spiro atoms. The molecular weight excluding hydrogens is 392 g/mol. The van der Waals surface area contributed by atoms with Gasteiger partial charge in [-0.3, -0.25) is 4.79 Å². The summed E-state index contributed by atoms with van der Waals surface area (Å²) in [6.45, 7) is 0. The van der Waals surface area contributed by atoms with Gasteiger partial charge in [0.25, 0.3) is 5.56 Å². The van der Waals surface area contributed by atoms with Gasteiger partial charge in [-0.25, -0.2) is 4.98 Å². The molecule has 0 amide bonds. The molecule has 1 N–H and O–H groups in total. The Labute approximate surface area is 131 Å². The Hall–Kier alpha value is -0.460. The van der Waals surface area contributed by atoms with E-state index in [2.05, 4.69) is 41.8 Å². The van der Waals surface area contributed by atoms with Gasteiger partial charge in [0.05, 0.1) is 14.4 Å².